The number of piperazine rings is 1. The topological polar surface area (TPSA) is 84.2 Å². The Bertz CT molecular complexity index is 726. The van der Waals surface area contributed by atoms with Crippen LogP contribution in [0, 0.1) is 0 Å². The summed E-state index contributed by atoms with van der Waals surface area (Å²) >= 11 is 5.87. The summed E-state index contributed by atoms with van der Waals surface area (Å²) in [5.41, 5.74) is 1.18. The minimum Gasteiger partial charge on any atom is -0.339 e. The summed E-state index contributed by atoms with van der Waals surface area (Å²) in [6.45, 7) is 2.36. The van der Waals surface area contributed by atoms with E-state index >= 15 is 0 Å². The second kappa shape index (κ2) is 8.75. The summed E-state index contributed by atoms with van der Waals surface area (Å²) in [5.74, 6) is 0.110. The number of nitrogens with zero attached hydrogens (tertiary/aromatic N) is 6. The van der Waals surface area contributed by atoms with E-state index in [0.717, 1.165) is 17.9 Å². The van der Waals surface area contributed by atoms with Gasteiger partial charge in [0, 0.05) is 37.6 Å². The molecule has 0 radical (unpaired) electrons. The number of hydrogen-bond donors (Lipinski definition) is 0. The van der Waals surface area contributed by atoms with Crippen molar-refractivity contribution in [2.24, 2.45) is 0 Å². The Morgan fingerprint density at radius 2 is 1.65 bits per heavy atom. The zero-order valence-electron chi connectivity index (χ0n) is 14.4. The molecule has 0 unspecified atom stereocenters. The Kier molecular flexibility index (Phi) is 6.17. The highest BCUT2D eigenvalue weighted by atomic mass is 35.5. The molecule has 1 fully saturated rings. The summed E-state index contributed by atoms with van der Waals surface area (Å²) in [7, 11) is 0. The maximum Gasteiger partial charge on any atom is 0.244 e. The fraction of sp³-hybridized carbons (Fsp3) is 0.471. The van der Waals surface area contributed by atoms with Crippen molar-refractivity contribution in [2.75, 3.05) is 26.2 Å². The van der Waals surface area contributed by atoms with Crippen LogP contribution in [0.2, 0.25) is 5.02 Å². The van der Waals surface area contributed by atoms with E-state index < -0.39 is 0 Å². The van der Waals surface area contributed by atoms with E-state index in [4.69, 9.17) is 11.6 Å². The average molecular weight is 377 g/mol. The van der Waals surface area contributed by atoms with Crippen molar-refractivity contribution in [1.29, 1.82) is 0 Å². The number of hydrogen-bond acceptors (Lipinski definition) is 5. The molecule has 3 rings (SSSR count). The maximum absolute atomic E-state index is 12.3. The second-order valence-electron chi connectivity index (χ2n) is 6.25. The van der Waals surface area contributed by atoms with Gasteiger partial charge in [-0.2, -0.15) is 0 Å². The van der Waals surface area contributed by atoms with E-state index in [1.54, 1.807) is 4.90 Å². The van der Waals surface area contributed by atoms with E-state index in [0.29, 0.717) is 32.6 Å². The van der Waals surface area contributed by atoms with Crippen LogP contribution < -0.4 is 0 Å². The molecule has 26 heavy (non-hydrogen) atoms. The number of benzene rings is 1. The van der Waals surface area contributed by atoms with E-state index in [-0.39, 0.29) is 18.4 Å². The molecule has 0 spiro atoms. The normalized spacial score (nSPS) is 14.5. The van der Waals surface area contributed by atoms with Crippen LogP contribution in [0.3, 0.4) is 0 Å². The molecule has 1 aromatic heterocycles. The Morgan fingerprint density at radius 1 is 1.00 bits per heavy atom. The van der Waals surface area contributed by atoms with Crippen molar-refractivity contribution in [2.45, 2.75) is 25.8 Å². The number of aromatic nitrogens is 4. The lowest BCUT2D eigenvalue weighted by molar-refractivity contribution is -0.140. The van der Waals surface area contributed by atoms with Gasteiger partial charge in [-0.05, 0) is 41.0 Å². The smallest absolute Gasteiger partial charge is 0.244 e. The molecule has 138 valence electrons. The van der Waals surface area contributed by atoms with Gasteiger partial charge in [0.1, 0.15) is 12.9 Å². The third-order valence-electron chi connectivity index (χ3n) is 4.44. The highest BCUT2D eigenvalue weighted by Crippen LogP contribution is 2.13. The first-order valence-electron chi connectivity index (χ1n) is 8.62. The third kappa shape index (κ3) is 5.01. The van der Waals surface area contributed by atoms with Gasteiger partial charge in [0.15, 0.2) is 0 Å². The summed E-state index contributed by atoms with van der Waals surface area (Å²) in [6.07, 6.45) is 3.59. The molecule has 0 saturated carbocycles. The molecule has 2 heterocycles. The number of halogens is 1. The van der Waals surface area contributed by atoms with Gasteiger partial charge in [0.25, 0.3) is 0 Å². The van der Waals surface area contributed by atoms with Crippen LogP contribution in [0.4, 0.5) is 0 Å². The molecular weight excluding hydrogens is 356 g/mol. The molecule has 2 aromatic rings. The fourth-order valence-electron chi connectivity index (χ4n) is 2.95. The summed E-state index contributed by atoms with van der Waals surface area (Å²) in [5, 5.41) is 11.4. The minimum absolute atomic E-state index is 0.0351. The van der Waals surface area contributed by atoms with Crippen LogP contribution >= 0.6 is 11.6 Å². The van der Waals surface area contributed by atoms with Gasteiger partial charge in [0.05, 0.1) is 0 Å². The molecule has 1 aromatic carbocycles. The van der Waals surface area contributed by atoms with E-state index in [9.17, 15) is 9.59 Å². The van der Waals surface area contributed by atoms with Gasteiger partial charge >= 0.3 is 0 Å². The van der Waals surface area contributed by atoms with Gasteiger partial charge in [-0.3, -0.25) is 9.59 Å². The summed E-state index contributed by atoms with van der Waals surface area (Å²) in [6, 6.07) is 7.71. The number of amides is 2. The molecule has 1 aliphatic rings. The first-order chi connectivity index (χ1) is 12.6. The maximum atomic E-state index is 12.3. The predicted molar refractivity (Wildman–Crippen MR) is 95.4 cm³/mol. The SMILES string of the molecule is O=C(CCCc1ccc(Cl)cc1)N1CCN(C(=O)Cn2cnnn2)CC1. The van der Waals surface area contributed by atoms with Crippen molar-refractivity contribution in [1.82, 2.24) is 30.0 Å². The lowest BCUT2D eigenvalue weighted by Gasteiger charge is -2.34. The molecule has 0 N–H and O–H groups in total. The molecule has 0 atom stereocenters. The second-order valence-corrected chi connectivity index (χ2v) is 6.69. The highest BCUT2D eigenvalue weighted by Gasteiger charge is 2.24. The van der Waals surface area contributed by atoms with Gasteiger partial charge < -0.3 is 9.80 Å². The molecule has 0 bridgehead atoms. The zero-order valence-corrected chi connectivity index (χ0v) is 15.2. The Balaban J connectivity index is 1.37. The number of carbonyl (C=O) groups excluding carboxylic acids is 2. The lowest BCUT2D eigenvalue weighted by atomic mass is 10.1. The summed E-state index contributed by atoms with van der Waals surface area (Å²) < 4.78 is 1.40. The van der Waals surface area contributed by atoms with Gasteiger partial charge in [-0.25, -0.2) is 4.68 Å². The fourth-order valence-corrected chi connectivity index (χ4v) is 3.08. The van der Waals surface area contributed by atoms with Crippen molar-refractivity contribution >= 4 is 23.4 Å². The minimum atomic E-state index is -0.0351. The highest BCUT2D eigenvalue weighted by molar-refractivity contribution is 6.30. The molecule has 0 aliphatic carbocycles. The van der Waals surface area contributed by atoms with Gasteiger partial charge in [0.2, 0.25) is 11.8 Å². The van der Waals surface area contributed by atoms with Gasteiger partial charge in [-0.15, -0.1) is 5.10 Å². The third-order valence-corrected chi connectivity index (χ3v) is 4.70. The zero-order chi connectivity index (χ0) is 18.4. The standard InChI is InChI=1S/C17H21ClN6O2/c18-15-6-4-14(5-7-15)2-1-3-16(25)22-8-10-23(11-9-22)17(26)12-24-13-19-20-21-24/h4-7,13H,1-3,8-12H2. The Morgan fingerprint density at radius 3 is 2.27 bits per heavy atom. The quantitative estimate of drug-likeness (QED) is 0.751. The molecule has 1 saturated heterocycles. The first-order valence-corrected chi connectivity index (χ1v) is 9.00. The van der Waals surface area contributed by atoms with Crippen LogP contribution in [0.15, 0.2) is 30.6 Å². The summed E-state index contributed by atoms with van der Waals surface area (Å²) in [4.78, 5) is 28.1. The van der Waals surface area contributed by atoms with Crippen LogP contribution in [-0.2, 0) is 22.6 Å². The van der Waals surface area contributed by atoms with Crippen molar-refractivity contribution in [3.8, 4) is 0 Å². The monoisotopic (exact) mass is 376 g/mol. The molecule has 2 amide bonds. The first kappa shape index (κ1) is 18.3. The number of aryl methyl sites for hydroxylation is 1. The molecule has 8 nitrogen and oxygen atoms in total. The Hall–Kier alpha value is -2.48. The average Bonchev–Trinajstić information content (AvgIpc) is 3.16. The largest absolute Gasteiger partial charge is 0.339 e. The van der Waals surface area contributed by atoms with Crippen LogP contribution in [0.25, 0.3) is 0 Å². The number of carbonyl (C=O) groups is 2. The number of rotatable bonds is 6. The van der Waals surface area contributed by atoms with Crippen molar-refractivity contribution in [3.63, 3.8) is 0 Å². The van der Waals surface area contributed by atoms with Crippen LogP contribution in [-0.4, -0.2) is 68.0 Å². The lowest BCUT2D eigenvalue weighted by Crippen LogP contribution is -2.51. The number of tetrazole rings is 1. The van der Waals surface area contributed by atoms with Crippen molar-refractivity contribution < 1.29 is 9.59 Å². The molecule has 9 heteroatoms. The van der Waals surface area contributed by atoms with Crippen molar-refractivity contribution in [3.05, 3.63) is 41.2 Å². The van der Waals surface area contributed by atoms with E-state index in [1.807, 2.05) is 29.2 Å². The van der Waals surface area contributed by atoms with Crippen LogP contribution in [0.5, 0.6) is 0 Å². The van der Waals surface area contributed by atoms with Gasteiger partial charge in [-0.1, -0.05) is 23.7 Å². The van der Waals surface area contributed by atoms with E-state index in [2.05, 4.69) is 15.5 Å². The van der Waals surface area contributed by atoms with E-state index in [1.165, 1.54) is 16.6 Å². The Labute approximate surface area is 156 Å². The van der Waals surface area contributed by atoms with Crippen LogP contribution in [0.1, 0.15) is 18.4 Å². The predicted octanol–water partition coefficient (Wildman–Crippen LogP) is 1.02. The molecule has 1 aliphatic heterocycles. The molecular formula is C17H21ClN6O2.